The molecule has 0 fully saturated rings. The van der Waals surface area contributed by atoms with Crippen LogP contribution in [0.1, 0.15) is 35.3 Å². The van der Waals surface area contributed by atoms with E-state index in [9.17, 15) is 14.4 Å². The van der Waals surface area contributed by atoms with Crippen molar-refractivity contribution < 1.29 is 14.3 Å². The maximum Gasteiger partial charge on any atom is 0.271 e. The molecule has 3 aromatic rings. The van der Waals surface area contributed by atoms with Gasteiger partial charge in [0, 0.05) is 23.4 Å². The summed E-state index contributed by atoms with van der Waals surface area (Å²) < 4.78 is 6.89. The van der Waals surface area contributed by atoms with Crippen LogP contribution in [0.4, 0.5) is 5.69 Å². The molecule has 0 bridgehead atoms. The number of nitrogens with zero attached hydrogens (tertiary/aromatic N) is 2. The van der Waals surface area contributed by atoms with Crippen LogP contribution in [0, 0.1) is 13.8 Å². The average molecular weight is 405 g/mol. The maximum absolute atomic E-state index is 12.4. The molecule has 1 heterocycles. The van der Waals surface area contributed by atoms with Gasteiger partial charge in [-0.2, -0.15) is 4.68 Å². The molecule has 0 unspecified atom stereocenters. The summed E-state index contributed by atoms with van der Waals surface area (Å²) in [5, 5.41) is 6.97. The van der Waals surface area contributed by atoms with Crippen LogP contribution < -0.4 is 15.6 Å². The standard InChI is InChI=1S/C23H23N3O4/c1-14-5-10-20(13-15(14)2)26-22(28)12-11-21(25-26)30-17(4)23(29)24-19-8-6-18(7-9-19)16(3)27/h5-13,17H,1-4H3,(H,24,29)/t17-/m0/s1. The number of amides is 1. The van der Waals surface area contributed by atoms with E-state index in [4.69, 9.17) is 4.74 Å². The Hall–Kier alpha value is -3.74. The molecule has 0 aliphatic rings. The minimum absolute atomic E-state index is 0.0467. The highest BCUT2D eigenvalue weighted by Gasteiger charge is 2.17. The first-order valence-corrected chi connectivity index (χ1v) is 9.51. The Morgan fingerprint density at radius 3 is 2.33 bits per heavy atom. The maximum atomic E-state index is 12.4. The lowest BCUT2D eigenvalue weighted by atomic mass is 10.1. The third-order valence-electron chi connectivity index (χ3n) is 4.74. The number of ketones is 1. The van der Waals surface area contributed by atoms with Gasteiger partial charge in [-0.1, -0.05) is 6.07 Å². The Bertz CT molecular complexity index is 1150. The summed E-state index contributed by atoms with van der Waals surface area (Å²) in [7, 11) is 0. The highest BCUT2D eigenvalue weighted by atomic mass is 16.5. The number of nitrogens with one attached hydrogen (secondary N) is 1. The van der Waals surface area contributed by atoms with E-state index in [0.717, 1.165) is 11.1 Å². The minimum atomic E-state index is -0.851. The van der Waals surface area contributed by atoms with Crippen LogP contribution in [0.15, 0.2) is 59.4 Å². The molecule has 7 nitrogen and oxygen atoms in total. The Balaban J connectivity index is 1.73. The number of carbonyl (C=O) groups excluding carboxylic acids is 2. The molecular weight excluding hydrogens is 382 g/mol. The third kappa shape index (κ3) is 4.81. The summed E-state index contributed by atoms with van der Waals surface area (Å²) in [6, 6.07) is 15.0. The molecule has 1 amide bonds. The van der Waals surface area contributed by atoms with Gasteiger partial charge in [-0.05, 0) is 75.2 Å². The molecule has 154 valence electrons. The Morgan fingerprint density at radius 1 is 1.00 bits per heavy atom. The van der Waals surface area contributed by atoms with Gasteiger partial charge in [0.25, 0.3) is 11.5 Å². The van der Waals surface area contributed by atoms with Gasteiger partial charge in [0.2, 0.25) is 5.88 Å². The predicted octanol–water partition coefficient (Wildman–Crippen LogP) is 3.46. The molecule has 0 aliphatic carbocycles. The van der Waals surface area contributed by atoms with Gasteiger partial charge in [0.05, 0.1) is 5.69 Å². The fourth-order valence-electron chi connectivity index (χ4n) is 2.77. The predicted molar refractivity (Wildman–Crippen MR) is 114 cm³/mol. The number of hydrogen-bond donors (Lipinski definition) is 1. The normalized spacial score (nSPS) is 11.6. The largest absolute Gasteiger partial charge is 0.463 e. The number of ether oxygens (including phenoxy) is 1. The van der Waals surface area contributed by atoms with Crippen LogP contribution in [0.25, 0.3) is 5.69 Å². The summed E-state index contributed by atoms with van der Waals surface area (Å²) in [6.07, 6.45) is -0.851. The number of benzene rings is 2. The smallest absolute Gasteiger partial charge is 0.271 e. The fraction of sp³-hybridized carbons (Fsp3) is 0.217. The molecular formula is C23H23N3O4. The number of aryl methyl sites for hydroxylation is 2. The highest BCUT2D eigenvalue weighted by molar-refractivity contribution is 5.96. The van der Waals surface area contributed by atoms with Crippen LogP contribution >= 0.6 is 0 Å². The van der Waals surface area contributed by atoms with Gasteiger partial charge < -0.3 is 10.1 Å². The summed E-state index contributed by atoms with van der Waals surface area (Å²) in [5.41, 5.74) is 3.59. The van der Waals surface area contributed by atoms with E-state index in [1.54, 1.807) is 37.3 Å². The van der Waals surface area contributed by atoms with Crippen LogP contribution in [0.2, 0.25) is 0 Å². The summed E-state index contributed by atoms with van der Waals surface area (Å²) in [4.78, 5) is 36.0. The van der Waals surface area contributed by atoms with Crippen LogP contribution in [0.3, 0.4) is 0 Å². The molecule has 1 N–H and O–H groups in total. The topological polar surface area (TPSA) is 90.3 Å². The lowest BCUT2D eigenvalue weighted by molar-refractivity contribution is -0.122. The quantitative estimate of drug-likeness (QED) is 0.635. The van der Waals surface area contributed by atoms with Crippen molar-refractivity contribution in [1.82, 2.24) is 9.78 Å². The van der Waals surface area contributed by atoms with Gasteiger partial charge in [-0.25, -0.2) is 0 Å². The number of anilines is 1. The molecule has 30 heavy (non-hydrogen) atoms. The zero-order valence-corrected chi connectivity index (χ0v) is 17.3. The van der Waals surface area contributed by atoms with E-state index < -0.39 is 6.10 Å². The molecule has 2 aromatic carbocycles. The van der Waals surface area contributed by atoms with Crippen LogP contribution in [-0.4, -0.2) is 27.6 Å². The zero-order valence-electron chi connectivity index (χ0n) is 17.3. The molecule has 0 saturated carbocycles. The van der Waals surface area contributed by atoms with Crippen molar-refractivity contribution in [1.29, 1.82) is 0 Å². The van der Waals surface area contributed by atoms with Crippen molar-refractivity contribution in [3.05, 3.63) is 81.6 Å². The molecule has 0 saturated heterocycles. The summed E-state index contributed by atoms with van der Waals surface area (Å²) in [5.74, 6) is -0.270. The fourth-order valence-corrected chi connectivity index (χ4v) is 2.77. The first-order valence-electron chi connectivity index (χ1n) is 9.51. The molecule has 3 rings (SSSR count). The number of aromatic nitrogens is 2. The second-order valence-corrected chi connectivity index (χ2v) is 7.07. The molecule has 1 aromatic heterocycles. The minimum Gasteiger partial charge on any atom is -0.463 e. The number of Topliss-reactive ketones (excluding diaryl/α,β-unsaturated/α-hetero) is 1. The van der Waals surface area contributed by atoms with E-state index in [1.165, 1.54) is 23.7 Å². The van der Waals surface area contributed by atoms with Crippen molar-refractivity contribution in [3.8, 4) is 11.6 Å². The van der Waals surface area contributed by atoms with Gasteiger partial charge in [0.15, 0.2) is 11.9 Å². The van der Waals surface area contributed by atoms with Crippen molar-refractivity contribution >= 4 is 17.4 Å². The number of carbonyl (C=O) groups is 2. The summed E-state index contributed by atoms with van der Waals surface area (Å²) in [6.45, 7) is 7.02. The SMILES string of the molecule is CC(=O)c1ccc(NC(=O)[C@H](C)Oc2ccc(=O)n(-c3ccc(C)c(C)c3)n2)cc1. The van der Waals surface area contributed by atoms with Gasteiger partial charge in [-0.3, -0.25) is 14.4 Å². The first kappa shape index (κ1) is 21.0. The van der Waals surface area contributed by atoms with Crippen LogP contribution in [0.5, 0.6) is 5.88 Å². The molecule has 0 radical (unpaired) electrons. The number of hydrogen-bond acceptors (Lipinski definition) is 5. The van der Waals surface area contributed by atoms with E-state index in [-0.39, 0.29) is 23.1 Å². The summed E-state index contributed by atoms with van der Waals surface area (Å²) >= 11 is 0. The van der Waals surface area contributed by atoms with E-state index >= 15 is 0 Å². The molecule has 0 aliphatic heterocycles. The third-order valence-corrected chi connectivity index (χ3v) is 4.74. The lowest BCUT2D eigenvalue weighted by Gasteiger charge is -2.15. The van der Waals surface area contributed by atoms with E-state index in [1.807, 2.05) is 26.0 Å². The Kier molecular flexibility index (Phi) is 6.11. The van der Waals surface area contributed by atoms with Crippen molar-refractivity contribution in [2.45, 2.75) is 33.8 Å². The van der Waals surface area contributed by atoms with Crippen molar-refractivity contribution in [2.24, 2.45) is 0 Å². The van der Waals surface area contributed by atoms with Crippen molar-refractivity contribution in [2.75, 3.05) is 5.32 Å². The van der Waals surface area contributed by atoms with E-state index in [2.05, 4.69) is 10.4 Å². The highest BCUT2D eigenvalue weighted by Crippen LogP contribution is 2.15. The number of rotatable bonds is 6. The van der Waals surface area contributed by atoms with Gasteiger partial charge >= 0.3 is 0 Å². The zero-order chi connectivity index (χ0) is 21.8. The average Bonchev–Trinajstić information content (AvgIpc) is 2.72. The van der Waals surface area contributed by atoms with Crippen molar-refractivity contribution in [3.63, 3.8) is 0 Å². The van der Waals surface area contributed by atoms with Gasteiger partial charge in [-0.15, -0.1) is 5.10 Å². The molecule has 0 spiro atoms. The van der Waals surface area contributed by atoms with E-state index in [0.29, 0.717) is 16.9 Å². The van der Waals surface area contributed by atoms with Crippen LogP contribution in [-0.2, 0) is 4.79 Å². The lowest BCUT2D eigenvalue weighted by Crippen LogP contribution is -2.31. The monoisotopic (exact) mass is 405 g/mol. The molecule has 7 heteroatoms. The second-order valence-electron chi connectivity index (χ2n) is 7.07. The molecule has 1 atom stereocenters. The first-order chi connectivity index (χ1) is 14.2. The Labute approximate surface area is 174 Å². The Morgan fingerprint density at radius 2 is 1.70 bits per heavy atom. The van der Waals surface area contributed by atoms with Gasteiger partial charge in [0.1, 0.15) is 0 Å². The second kappa shape index (κ2) is 8.73.